The number of aromatic nitrogens is 2. The Morgan fingerprint density at radius 3 is 2.71 bits per heavy atom. The number of carbonyl (C=O) groups is 1. The highest BCUT2D eigenvalue weighted by Gasteiger charge is 2.31. The summed E-state index contributed by atoms with van der Waals surface area (Å²) in [4.78, 5) is 13.9. The minimum atomic E-state index is 0.0426. The first-order valence-electron chi connectivity index (χ1n) is 7.07. The molecule has 6 nitrogen and oxygen atoms in total. The lowest BCUT2D eigenvalue weighted by atomic mass is 10.2. The molecule has 1 aromatic carbocycles. The second-order valence-electron chi connectivity index (χ2n) is 4.97. The molecule has 0 spiro atoms. The fourth-order valence-corrected chi connectivity index (χ4v) is 2.24. The maximum atomic E-state index is 12.1. The molecule has 6 heteroatoms. The predicted octanol–water partition coefficient (Wildman–Crippen LogP) is 2.13. The molecule has 0 atom stereocenters. The maximum absolute atomic E-state index is 12.1. The third kappa shape index (κ3) is 3.21. The third-order valence-electron chi connectivity index (χ3n) is 3.47. The Labute approximate surface area is 122 Å². The van der Waals surface area contributed by atoms with Crippen molar-refractivity contribution >= 4 is 5.91 Å². The minimum Gasteiger partial charge on any atom is -0.484 e. The molecule has 1 saturated carbocycles. The summed E-state index contributed by atoms with van der Waals surface area (Å²) in [5.74, 6) is 1.16. The SMILES string of the molecule is CCN(C(=O)COc1ccc(-c2nnco2)cc1)C1CC1. The van der Waals surface area contributed by atoms with Gasteiger partial charge in [-0.15, -0.1) is 10.2 Å². The lowest BCUT2D eigenvalue weighted by Gasteiger charge is -2.20. The Hall–Kier alpha value is -2.37. The molecule has 1 amide bonds. The molecular weight excluding hydrogens is 270 g/mol. The second-order valence-corrected chi connectivity index (χ2v) is 4.97. The lowest BCUT2D eigenvalue weighted by molar-refractivity contribution is -0.133. The summed E-state index contributed by atoms with van der Waals surface area (Å²) >= 11 is 0. The van der Waals surface area contributed by atoms with Crippen LogP contribution in [-0.2, 0) is 4.79 Å². The van der Waals surface area contributed by atoms with Crippen LogP contribution in [0.3, 0.4) is 0 Å². The van der Waals surface area contributed by atoms with Gasteiger partial charge in [0, 0.05) is 18.2 Å². The lowest BCUT2D eigenvalue weighted by Crippen LogP contribution is -2.36. The van der Waals surface area contributed by atoms with E-state index in [9.17, 15) is 4.79 Å². The number of hydrogen-bond donors (Lipinski definition) is 0. The topological polar surface area (TPSA) is 68.5 Å². The van der Waals surface area contributed by atoms with Gasteiger partial charge in [0.25, 0.3) is 5.91 Å². The first-order chi connectivity index (χ1) is 10.3. The van der Waals surface area contributed by atoms with Gasteiger partial charge in [0.15, 0.2) is 6.61 Å². The summed E-state index contributed by atoms with van der Waals surface area (Å²) < 4.78 is 10.7. The molecule has 0 N–H and O–H groups in total. The molecule has 2 aromatic rings. The molecule has 1 heterocycles. The highest BCUT2D eigenvalue weighted by molar-refractivity contribution is 5.78. The van der Waals surface area contributed by atoms with Crippen LogP contribution >= 0.6 is 0 Å². The van der Waals surface area contributed by atoms with Crippen molar-refractivity contribution in [2.24, 2.45) is 0 Å². The first-order valence-corrected chi connectivity index (χ1v) is 7.07. The Bertz CT molecular complexity index is 591. The van der Waals surface area contributed by atoms with E-state index in [1.807, 2.05) is 24.0 Å². The summed E-state index contributed by atoms with van der Waals surface area (Å²) in [5, 5.41) is 7.47. The summed E-state index contributed by atoms with van der Waals surface area (Å²) in [6, 6.07) is 7.66. The summed E-state index contributed by atoms with van der Waals surface area (Å²) in [5.41, 5.74) is 0.819. The van der Waals surface area contributed by atoms with Gasteiger partial charge in [-0.1, -0.05) is 0 Å². The van der Waals surface area contributed by atoms with E-state index in [0.29, 0.717) is 17.7 Å². The third-order valence-corrected chi connectivity index (χ3v) is 3.47. The summed E-state index contributed by atoms with van der Waals surface area (Å²) in [6.07, 6.45) is 3.51. The van der Waals surface area contributed by atoms with Crippen molar-refractivity contribution < 1.29 is 13.9 Å². The van der Waals surface area contributed by atoms with E-state index in [1.54, 1.807) is 12.1 Å². The zero-order valence-electron chi connectivity index (χ0n) is 11.9. The Kier molecular flexibility index (Phi) is 3.85. The molecule has 0 unspecified atom stereocenters. The van der Waals surface area contributed by atoms with E-state index >= 15 is 0 Å². The molecule has 1 aromatic heterocycles. The van der Waals surface area contributed by atoms with Crippen molar-refractivity contribution in [3.63, 3.8) is 0 Å². The maximum Gasteiger partial charge on any atom is 0.260 e. The van der Waals surface area contributed by atoms with Crippen LogP contribution in [0.15, 0.2) is 35.1 Å². The number of rotatable bonds is 6. The Morgan fingerprint density at radius 2 is 2.14 bits per heavy atom. The zero-order chi connectivity index (χ0) is 14.7. The van der Waals surface area contributed by atoms with Gasteiger partial charge in [-0.3, -0.25) is 4.79 Å². The first kappa shape index (κ1) is 13.6. The van der Waals surface area contributed by atoms with E-state index in [4.69, 9.17) is 9.15 Å². The van der Waals surface area contributed by atoms with Crippen molar-refractivity contribution in [3.8, 4) is 17.2 Å². The molecule has 0 saturated heterocycles. The van der Waals surface area contributed by atoms with Crippen molar-refractivity contribution in [3.05, 3.63) is 30.7 Å². The Morgan fingerprint density at radius 1 is 1.38 bits per heavy atom. The van der Waals surface area contributed by atoms with Crippen LogP contribution in [0.1, 0.15) is 19.8 Å². The van der Waals surface area contributed by atoms with Crippen molar-refractivity contribution in [1.29, 1.82) is 0 Å². The molecular formula is C15H17N3O3. The fourth-order valence-electron chi connectivity index (χ4n) is 2.24. The van der Waals surface area contributed by atoms with E-state index < -0.39 is 0 Å². The number of hydrogen-bond acceptors (Lipinski definition) is 5. The van der Waals surface area contributed by atoms with E-state index in [2.05, 4.69) is 10.2 Å². The number of nitrogens with zero attached hydrogens (tertiary/aromatic N) is 3. The predicted molar refractivity (Wildman–Crippen MR) is 75.6 cm³/mol. The normalized spacial score (nSPS) is 14.0. The molecule has 1 fully saturated rings. The highest BCUT2D eigenvalue weighted by Crippen LogP contribution is 2.26. The quantitative estimate of drug-likeness (QED) is 0.814. The van der Waals surface area contributed by atoms with Gasteiger partial charge in [-0.2, -0.15) is 0 Å². The van der Waals surface area contributed by atoms with Crippen LogP contribution in [0.25, 0.3) is 11.5 Å². The fraction of sp³-hybridized carbons (Fsp3) is 0.400. The van der Waals surface area contributed by atoms with Gasteiger partial charge in [-0.05, 0) is 44.0 Å². The van der Waals surface area contributed by atoms with Crippen molar-refractivity contribution in [2.75, 3.05) is 13.2 Å². The average molecular weight is 287 g/mol. The number of ether oxygens (including phenoxy) is 1. The van der Waals surface area contributed by atoms with E-state index in [1.165, 1.54) is 6.39 Å². The number of carbonyl (C=O) groups excluding carboxylic acids is 1. The van der Waals surface area contributed by atoms with Gasteiger partial charge in [0.05, 0.1) is 0 Å². The number of likely N-dealkylation sites (N-methyl/N-ethyl adjacent to an activating group) is 1. The van der Waals surface area contributed by atoms with E-state index in [0.717, 1.165) is 24.9 Å². The number of amides is 1. The molecule has 21 heavy (non-hydrogen) atoms. The highest BCUT2D eigenvalue weighted by atomic mass is 16.5. The molecule has 3 rings (SSSR count). The van der Waals surface area contributed by atoms with Gasteiger partial charge in [-0.25, -0.2) is 0 Å². The van der Waals surface area contributed by atoms with E-state index in [-0.39, 0.29) is 12.5 Å². The standard InChI is InChI=1S/C15H17N3O3/c1-2-18(12-5-6-12)14(19)9-20-13-7-3-11(4-8-13)15-17-16-10-21-15/h3-4,7-8,10,12H,2,5-6,9H2,1H3. The molecule has 1 aliphatic rings. The van der Waals surface area contributed by atoms with Crippen LogP contribution in [0.2, 0.25) is 0 Å². The smallest absolute Gasteiger partial charge is 0.260 e. The van der Waals surface area contributed by atoms with Gasteiger partial charge in [0.1, 0.15) is 5.75 Å². The van der Waals surface area contributed by atoms with Gasteiger partial charge >= 0.3 is 0 Å². The van der Waals surface area contributed by atoms with Crippen molar-refractivity contribution in [1.82, 2.24) is 15.1 Å². The minimum absolute atomic E-state index is 0.0426. The van der Waals surface area contributed by atoms with Crippen LogP contribution < -0.4 is 4.74 Å². The average Bonchev–Trinajstić information content (AvgIpc) is 3.19. The summed E-state index contributed by atoms with van der Waals surface area (Å²) in [6.45, 7) is 2.81. The van der Waals surface area contributed by atoms with Gasteiger partial charge in [0.2, 0.25) is 12.3 Å². The van der Waals surface area contributed by atoms with Crippen LogP contribution in [0, 0.1) is 0 Å². The van der Waals surface area contributed by atoms with Crippen molar-refractivity contribution in [2.45, 2.75) is 25.8 Å². The number of benzene rings is 1. The molecule has 110 valence electrons. The Balaban J connectivity index is 1.57. The molecule has 1 aliphatic carbocycles. The largest absolute Gasteiger partial charge is 0.484 e. The monoisotopic (exact) mass is 287 g/mol. The molecule has 0 radical (unpaired) electrons. The molecule has 0 bridgehead atoms. The van der Waals surface area contributed by atoms with Crippen LogP contribution in [0.5, 0.6) is 5.75 Å². The molecule has 0 aliphatic heterocycles. The summed E-state index contributed by atoms with van der Waals surface area (Å²) in [7, 11) is 0. The van der Waals surface area contributed by atoms with Crippen LogP contribution in [-0.4, -0.2) is 40.2 Å². The second kappa shape index (κ2) is 5.95. The van der Waals surface area contributed by atoms with Gasteiger partial charge < -0.3 is 14.1 Å². The zero-order valence-corrected chi connectivity index (χ0v) is 11.9. The van der Waals surface area contributed by atoms with Crippen LogP contribution in [0.4, 0.5) is 0 Å².